The standard InChI is InChI=1S/C22H26ClN3O2S/c1-4-5-19-22(27)25-11-10-15-12-16(28-3)6-8-18(15)21(25)14(2)26(19)29-17-7-9-20(23)24-13-17/h6-9,12-14,19,21H,4-5,10-11H2,1-3H3. The molecule has 3 heterocycles. The minimum Gasteiger partial charge on any atom is -0.497 e. The van der Waals surface area contributed by atoms with Gasteiger partial charge in [0.05, 0.1) is 19.2 Å². The van der Waals surface area contributed by atoms with Crippen LogP contribution >= 0.6 is 23.5 Å². The van der Waals surface area contributed by atoms with Crippen LogP contribution in [0, 0.1) is 0 Å². The van der Waals surface area contributed by atoms with Gasteiger partial charge in [-0.2, -0.15) is 0 Å². The molecule has 3 unspecified atom stereocenters. The quantitative estimate of drug-likeness (QED) is 0.505. The van der Waals surface area contributed by atoms with Crippen molar-refractivity contribution in [2.45, 2.75) is 56.1 Å². The van der Waals surface area contributed by atoms with Gasteiger partial charge in [-0.25, -0.2) is 9.29 Å². The number of aromatic nitrogens is 1. The van der Waals surface area contributed by atoms with Crippen molar-refractivity contribution in [2.75, 3.05) is 13.7 Å². The van der Waals surface area contributed by atoms with Crippen LogP contribution in [0.2, 0.25) is 5.15 Å². The Hall–Kier alpha value is -1.76. The second kappa shape index (κ2) is 8.54. The molecule has 0 spiro atoms. The van der Waals surface area contributed by atoms with Crippen molar-refractivity contribution in [3.05, 3.63) is 52.8 Å². The van der Waals surface area contributed by atoms with E-state index in [1.165, 1.54) is 11.1 Å². The van der Waals surface area contributed by atoms with Crippen LogP contribution in [0.3, 0.4) is 0 Å². The summed E-state index contributed by atoms with van der Waals surface area (Å²) in [5.74, 6) is 1.10. The fourth-order valence-corrected chi connectivity index (χ4v) is 5.65. The number of hydrogen-bond donors (Lipinski definition) is 0. The summed E-state index contributed by atoms with van der Waals surface area (Å²) in [7, 11) is 1.69. The van der Waals surface area contributed by atoms with Crippen LogP contribution in [0.15, 0.2) is 41.4 Å². The van der Waals surface area contributed by atoms with E-state index in [-0.39, 0.29) is 24.0 Å². The van der Waals surface area contributed by atoms with Crippen molar-refractivity contribution in [2.24, 2.45) is 0 Å². The highest BCUT2D eigenvalue weighted by Crippen LogP contribution is 2.44. The number of rotatable bonds is 5. The van der Waals surface area contributed by atoms with E-state index in [1.54, 1.807) is 31.3 Å². The van der Waals surface area contributed by atoms with Gasteiger partial charge >= 0.3 is 0 Å². The van der Waals surface area contributed by atoms with E-state index in [0.717, 1.165) is 36.5 Å². The first-order valence-electron chi connectivity index (χ1n) is 10.1. The second-order valence-corrected chi connectivity index (χ2v) is 9.07. The maximum Gasteiger partial charge on any atom is 0.241 e. The monoisotopic (exact) mass is 431 g/mol. The number of halogens is 1. The summed E-state index contributed by atoms with van der Waals surface area (Å²) >= 11 is 7.56. The lowest BCUT2D eigenvalue weighted by Crippen LogP contribution is -2.61. The smallest absolute Gasteiger partial charge is 0.241 e. The summed E-state index contributed by atoms with van der Waals surface area (Å²) in [4.78, 5) is 20.8. The van der Waals surface area contributed by atoms with Gasteiger partial charge < -0.3 is 9.64 Å². The van der Waals surface area contributed by atoms with Crippen LogP contribution < -0.4 is 4.74 Å². The molecule has 0 aliphatic carbocycles. The summed E-state index contributed by atoms with van der Waals surface area (Å²) in [5, 5.41) is 0.476. The zero-order chi connectivity index (χ0) is 20.5. The third-order valence-electron chi connectivity index (χ3n) is 5.83. The third kappa shape index (κ3) is 3.86. The van der Waals surface area contributed by atoms with Gasteiger partial charge in [0.2, 0.25) is 5.91 Å². The minimum atomic E-state index is -0.133. The fraction of sp³-hybridized carbons (Fsp3) is 0.455. The predicted molar refractivity (Wildman–Crippen MR) is 116 cm³/mol. The number of piperazine rings is 1. The summed E-state index contributed by atoms with van der Waals surface area (Å²) in [5.41, 5.74) is 2.50. The Bertz CT molecular complexity index is 892. The van der Waals surface area contributed by atoms with Gasteiger partial charge in [-0.05, 0) is 67.1 Å². The maximum absolute atomic E-state index is 13.5. The second-order valence-electron chi connectivity index (χ2n) is 7.60. The van der Waals surface area contributed by atoms with Crippen molar-refractivity contribution in [1.82, 2.24) is 14.2 Å². The number of carbonyl (C=O) groups excluding carboxylic acids is 1. The lowest BCUT2D eigenvalue weighted by Gasteiger charge is -2.51. The maximum atomic E-state index is 13.5. The molecule has 7 heteroatoms. The highest BCUT2D eigenvalue weighted by atomic mass is 35.5. The average molecular weight is 432 g/mol. The summed E-state index contributed by atoms with van der Waals surface area (Å²) in [6, 6.07) is 10.1. The Balaban J connectivity index is 1.70. The molecule has 1 amide bonds. The number of fused-ring (bicyclic) bond motifs is 3. The van der Waals surface area contributed by atoms with Gasteiger partial charge in [0.1, 0.15) is 10.9 Å². The van der Waals surface area contributed by atoms with Crippen LogP contribution in [-0.4, -0.2) is 45.8 Å². The molecule has 0 bridgehead atoms. The van der Waals surface area contributed by atoms with Gasteiger partial charge in [-0.3, -0.25) is 4.79 Å². The molecule has 0 saturated carbocycles. The van der Waals surface area contributed by atoms with Crippen LogP contribution in [0.1, 0.15) is 43.9 Å². The molecular weight excluding hydrogens is 406 g/mol. The lowest BCUT2D eigenvalue weighted by atomic mass is 9.85. The number of hydrogen-bond acceptors (Lipinski definition) is 5. The molecule has 29 heavy (non-hydrogen) atoms. The zero-order valence-corrected chi connectivity index (χ0v) is 18.5. The fourth-order valence-electron chi connectivity index (χ4n) is 4.46. The van der Waals surface area contributed by atoms with Crippen molar-refractivity contribution in [3.8, 4) is 5.75 Å². The molecular formula is C22H26ClN3O2S. The van der Waals surface area contributed by atoms with E-state index in [4.69, 9.17) is 16.3 Å². The Morgan fingerprint density at radius 3 is 2.83 bits per heavy atom. The Labute approximate surface area is 181 Å². The number of carbonyl (C=O) groups is 1. The number of benzene rings is 1. The van der Waals surface area contributed by atoms with Crippen molar-refractivity contribution < 1.29 is 9.53 Å². The molecule has 0 N–H and O–H groups in total. The first-order valence-corrected chi connectivity index (χ1v) is 11.2. The van der Waals surface area contributed by atoms with Crippen LogP contribution in [0.4, 0.5) is 0 Å². The normalized spacial score (nSPS) is 24.2. The number of methoxy groups -OCH3 is 1. The van der Waals surface area contributed by atoms with E-state index in [2.05, 4.69) is 40.2 Å². The van der Waals surface area contributed by atoms with Crippen molar-refractivity contribution in [1.29, 1.82) is 0 Å². The first kappa shape index (κ1) is 20.5. The van der Waals surface area contributed by atoms with E-state index < -0.39 is 0 Å². The molecule has 4 rings (SSSR count). The summed E-state index contributed by atoms with van der Waals surface area (Å²) in [6.07, 6.45) is 4.45. The first-order chi connectivity index (χ1) is 14.0. The Morgan fingerprint density at radius 2 is 2.14 bits per heavy atom. The number of nitrogens with zero attached hydrogens (tertiary/aromatic N) is 3. The van der Waals surface area contributed by atoms with Crippen molar-refractivity contribution >= 4 is 29.5 Å². The molecule has 1 fully saturated rings. The Morgan fingerprint density at radius 1 is 1.31 bits per heavy atom. The molecule has 3 atom stereocenters. The van der Waals surface area contributed by atoms with Gasteiger partial charge in [-0.1, -0.05) is 31.0 Å². The van der Waals surface area contributed by atoms with E-state index in [1.807, 2.05) is 12.1 Å². The number of ether oxygens (including phenoxy) is 1. The molecule has 2 aliphatic rings. The number of pyridine rings is 1. The molecule has 1 aromatic heterocycles. The largest absolute Gasteiger partial charge is 0.497 e. The molecule has 1 saturated heterocycles. The third-order valence-corrected chi connectivity index (χ3v) is 7.31. The lowest BCUT2D eigenvalue weighted by molar-refractivity contribution is -0.146. The van der Waals surface area contributed by atoms with Crippen LogP contribution in [0.25, 0.3) is 0 Å². The van der Waals surface area contributed by atoms with E-state index in [0.29, 0.717) is 5.15 Å². The topological polar surface area (TPSA) is 45.7 Å². The van der Waals surface area contributed by atoms with Crippen molar-refractivity contribution in [3.63, 3.8) is 0 Å². The molecule has 154 valence electrons. The highest BCUT2D eigenvalue weighted by molar-refractivity contribution is 7.97. The summed E-state index contributed by atoms with van der Waals surface area (Å²) in [6.45, 7) is 5.12. The van der Waals surface area contributed by atoms with Gasteiger partial charge in [0, 0.05) is 23.7 Å². The molecule has 2 aromatic rings. The number of amides is 1. The van der Waals surface area contributed by atoms with Gasteiger partial charge in [-0.15, -0.1) is 0 Å². The average Bonchev–Trinajstić information content (AvgIpc) is 2.74. The van der Waals surface area contributed by atoms with Gasteiger partial charge in [0.15, 0.2) is 0 Å². The SMILES string of the molecule is CCCC1C(=O)N2CCc3cc(OC)ccc3C2C(C)N1Sc1ccc(Cl)nc1. The Kier molecular flexibility index (Phi) is 6.04. The van der Waals surface area contributed by atoms with Gasteiger partial charge in [0.25, 0.3) is 0 Å². The summed E-state index contributed by atoms with van der Waals surface area (Å²) < 4.78 is 7.69. The highest BCUT2D eigenvalue weighted by Gasteiger charge is 2.47. The zero-order valence-electron chi connectivity index (χ0n) is 17.0. The van der Waals surface area contributed by atoms with Crippen LogP contribution in [0.5, 0.6) is 5.75 Å². The predicted octanol–water partition coefficient (Wildman–Crippen LogP) is 4.75. The molecule has 5 nitrogen and oxygen atoms in total. The van der Waals surface area contributed by atoms with E-state index in [9.17, 15) is 4.79 Å². The molecule has 1 aromatic carbocycles. The minimum absolute atomic E-state index is 0.0398. The molecule has 0 radical (unpaired) electrons. The van der Waals surface area contributed by atoms with Crippen LogP contribution in [-0.2, 0) is 11.2 Å². The molecule has 2 aliphatic heterocycles. The van der Waals surface area contributed by atoms with E-state index >= 15 is 0 Å².